The molecule has 2 N–H and O–H groups in total. The van der Waals surface area contributed by atoms with Crippen molar-refractivity contribution in [2.24, 2.45) is 16.6 Å². The number of ether oxygens (including phenoxy) is 1. The zero-order valence-electron chi connectivity index (χ0n) is 12.3. The highest BCUT2D eigenvalue weighted by molar-refractivity contribution is 5.78. The topological polar surface area (TPSA) is 50.8 Å². The molecule has 0 amide bonds. The van der Waals surface area contributed by atoms with Gasteiger partial charge in [-0.3, -0.25) is 4.99 Å². The first-order valence-corrected chi connectivity index (χ1v) is 7.42. The number of rotatable bonds is 5. The van der Waals surface area contributed by atoms with E-state index in [0.717, 1.165) is 13.1 Å². The van der Waals surface area contributed by atoms with Crippen LogP contribution >= 0.6 is 0 Å². The van der Waals surface area contributed by atoms with E-state index in [9.17, 15) is 0 Å². The summed E-state index contributed by atoms with van der Waals surface area (Å²) in [5, 5.41) is 0. The van der Waals surface area contributed by atoms with E-state index in [-0.39, 0.29) is 0 Å². The van der Waals surface area contributed by atoms with Crippen LogP contribution in [0.4, 0.5) is 0 Å². The monoisotopic (exact) mass is 275 g/mol. The summed E-state index contributed by atoms with van der Waals surface area (Å²) in [4.78, 5) is 6.59. The number of hydrogen-bond donors (Lipinski definition) is 1. The molecular weight excluding hydrogens is 250 g/mol. The Labute approximate surface area is 121 Å². The minimum absolute atomic E-state index is 0.610. The summed E-state index contributed by atoms with van der Waals surface area (Å²) in [6.45, 7) is 6.20. The van der Waals surface area contributed by atoms with Crippen LogP contribution in [0.3, 0.4) is 0 Å². The number of piperidine rings is 1. The van der Waals surface area contributed by atoms with Crippen molar-refractivity contribution in [2.75, 3.05) is 26.2 Å². The van der Waals surface area contributed by atoms with Crippen molar-refractivity contribution in [1.29, 1.82) is 0 Å². The normalized spacial score (nSPS) is 20.1. The molecule has 1 aliphatic rings. The molecule has 4 heteroatoms. The summed E-state index contributed by atoms with van der Waals surface area (Å²) >= 11 is 0. The van der Waals surface area contributed by atoms with E-state index in [1.54, 1.807) is 0 Å². The van der Waals surface area contributed by atoms with Crippen LogP contribution in [0.15, 0.2) is 35.3 Å². The maximum Gasteiger partial charge on any atom is 0.191 e. The fourth-order valence-electron chi connectivity index (χ4n) is 2.49. The Morgan fingerprint density at radius 1 is 1.40 bits per heavy atom. The Balaban J connectivity index is 1.65. The maximum atomic E-state index is 6.02. The van der Waals surface area contributed by atoms with Gasteiger partial charge in [-0.05, 0) is 24.3 Å². The SMILES string of the molecule is CC1CCCN(C(N)=NCCOCc2ccccc2)C1. The number of guanidine groups is 1. The molecule has 1 fully saturated rings. The maximum absolute atomic E-state index is 6.02. The lowest BCUT2D eigenvalue weighted by Crippen LogP contribution is -2.43. The lowest BCUT2D eigenvalue weighted by molar-refractivity contribution is 0.128. The first kappa shape index (κ1) is 14.9. The van der Waals surface area contributed by atoms with Crippen LogP contribution in [0.5, 0.6) is 0 Å². The van der Waals surface area contributed by atoms with E-state index < -0.39 is 0 Å². The van der Waals surface area contributed by atoms with Gasteiger partial charge >= 0.3 is 0 Å². The molecule has 0 bridgehead atoms. The van der Waals surface area contributed by atoms with Crippen LogP contribution in [0.1, 0.15) is 25.3 Å². The van der Waals surface area contributed by atoms with Crippen LogP contribution in [-0.4, -0.2) is 37.1 Å². The second kappa shape index (κ2) is 7.90. The largest absolute Gasteiger partial charge is 0.375 e. The van der Waals surface area contributed by atoms with Gasteiger partial charge in [-0.15, -0.1) is 0 Å². The van der Waals surface area contributed by atoms with Gasteiger partial charge in [-0.2, -0.15) is 0 Å². The molecule has 4 nitrogen and oxygen atoms in total. The van der Waals surface area contributed by atoms with E-state index in [2.05, 4.69) is 28.9 Å². The number of nitrogens with zero attached hydrogens (tertiary/aromatic N) is 2. The van der Waals surface area contributed by atoms with Crippen molar-refractivity contribution >= 4 is 5.96 Å². The minimum Gasteiger partial charge on any atom is -0.375 e. The van der Waals surface area contributed by atoms with Gasteiger partial charge in [0, 0.05) is 13.1 Å². The second-order valence-electron chi connectivity index (χ2n) is 5.47. The average Bonchev–Trinajstić information content (AvgIpc) is 2.48. The van der Waals surface area contributed by atoms with E-state index in [1.165, 1.54) is 18.4 Å². The van der Waals surface area contributed by atoms with Crippen molar-refractivity contribution < 1.29 is 4.74 Å². The zero-order valence-corrected chi connectivity index (χ0v) is 12.3. The van der Waals surface area contributed by atoms with Crippen molar-refractivity contribution in [3.8, 4) is 0 Å². The highest BCUT2D eigenvalue weighted by Crippen LogP contribution is 2.14. The highest BCUT2D eigenvalue weighted by Gasteiger charge is 2.17. The first-order valence-electron chi connectivity index (χ1n) is 7.42. The Morgan fingerprint density at radius 2 is 2.20 bits per heavy atom. The summed E-state index contributed by atoms with van der Waals surface area (Å²) in [7, 11) is 0. The van der Waals surface area contributed by atoms with Crippen LogP contribution in [0.2, 0.25) is 0 Å². The summed E-state index contributed by atoms with van der Waals surface area (Å²) in [5.41, 5.74) is 7.21. The highest BCUT2D eigenvalue weighted by atomic mass is 16.5. The summed E-state index contributed by atoms with van der Waals surface area (Å²) < 4.78 is 5.60. The van der Waals surface area contributed by atoms with E-state index in [4.69, 9.17) is 10.5 Å². The van der Waals surface area contributed by atoms with Gasteiger partial charge in [0.25, 0.3) is 0 Å². The molecule has 2 rings (SSSR count). The molecule has 0 spiro atoms. The van der Waals surface area contributed by atoms with Crippen molar-refractivity contribution in [3.63, 3.8) is 0 Å². The third kappa shape index (κ3) is 4.85. The second-order valence-corrected chi connectivity index (χ2v) is 5.47. The molecule has 1 saturated heterocycles. The number of hydrogen-bond acceptors (Lipinski definition) is 2. The predicted molar refractivity (Wildman–Crippen MR) is 82.6 cm³/mol. The van der Waals surface area contributed by atoms with Crippen LogP contribution in [0, 0.1) is 5.92 Å². The van der Waals surface area contributed by atoms with Crippen LogP contribution < -0.4 is 5.73 Å². The molecule has 1 aromatic rings. The quantitative estimate of drug-likeness (QED) is 0.509. The Kier molecular flexibility index (Phi) is 5.87. The Bertz CT molecular complexity index is 419. The number of benzene rings is 1. The van der Waals surface area contributed by atoms with Gasteiger partial charge < -0.3 is 15.4 Å². The molecule has 0 aliphatic carbocycles. The van der Waals surface area contributed by atoms with Gasteiger partial charge in [0.15, 0.2) is 5.96 Å². The average molecular weight is 275 g/mol. The summed E-state index contributed by atoms with van der Waals surface area (Å²) in [6.07, 6.45) is 2.51. The van der Waals surface area contributed by atoms with Gasteiger partial charge in [-0.25, -0.2) is 0 Å². The molecule has 1 aliphatic heterocycles. The van der Waals surface area contributed by atoms with Crippen molar-refractivity contribution in [2.45, 2.75) is 26.4 Å². The standard InChI is InChI=1S/C16H25N3O/c1-14-6-5-10-19(12-14)16(17)18-9-11-20-13-15-7-3-2-4-8-15/h2-4,7-8,14H,5-6,9-13H2,1H3,(H2,17,18). The van der Waals surface area contributed by atoms with Gasteiger partial charge in [0.1, 0.15) is 0 Å². The Morgan fingerprint density at radius 3 is 2.95 bits per heavy atom. The number of aliphatic imine (C=N–C) groups is 1. The first-order chi connectivity index (χ1) is 9.75. The fourth-order valence-corrected chi connectivity index (χ4v) is 2.49. The molecule has 0 saturated carbocycles. The number of likely N-dealkylation sites (tertiary alicyclic amines) is 1. The van der Waals surface area contributed by atoms with Gasteiger partial charge in [-0.1, -0.05) is 37.3 Å². The molecule has 110 valence electrons. The van der Waals surface area contributed by atoms with E-state index in [1.807, 2.05) is 18.2 Å². The van der Waals surface area contributed by atoms with E-state index in [0.29, 0.717) is 31.6 Å². The van der Waals surface area contributed by atoms with Gasteiger partial charge in [0.05, 0.1) is 19.8 Å². The molecular formula is C16H25N3O. The van der Waals surface area contributed by atoms with Crippen LogP contribution in [0.25, 0.3) is 0 Å². The fraction of sp³-hybridized carbons (Fsp3) is 0.562. The molecule has 1 unspecified atom stereocenters. The van der Waals surface area contributed by atoms with Crippen LogP contribution in [-0.2, 0) is 11.3 Å². The molecule has 1 atom stereocenters. The summed E-state index contributed by atoms with van der Waals surface area (Å²) in [6, 6.07) is 10.2. The molecule has 0 aromatic heterocycles. The summed E-state index contributed by atoms with van der Waals surface area (Å²) in [5.74, 6) is 1.38. The molecule has 1 heterocycles. The molecule has 20 heavy (non-hydrogen) atoms. The van der Waals surface area contributed by atoms with E-state index >= 15 is 0 Å². The molecule has 0 radical (unpaired) electrons. The minimum atomic E-state index is 0.610. The lowest BCUT2D eigenvalue weighted by atomic mass is 10.0. The zero-order chi connectivity index (χ0) is 14.2. The smallest absolute Gasteiger partial charge is 0.191 e. The lowest BCUT2D eigenvalue weighted by Gasteiger charge is -2.31. The number of nitrogens with two attached hydrogens (primary N) is 1. The predicted octanol–water partition coefficient (Wildman–Crippen LogP) is 2.25. The third-order valence-corrected chi connectivity index (χ3v) is 3.60. The third-order valence-electron chi connectivity index (χ3n) is 3.60. The molecule has 1 aromatic carbocycles. The Hall–Kier alpha value is -1.55. The van der Waals surface area contributed by atoms with Crippen molar-refractivity contribution in [1.82, 2.24) is 4.90 Å². The van der Waals surface area contributed by atoms with Crippen molar-refractivity contribution in [3.05, 3.63) is 35.9 Å². The van der Waals surface area contributed by atoms with Gasteiger partial charge in [0.2, 0.25) is 0 Å².